The van der Waals surface area contributed by atoms with Crippen molar-refractivity contribution < 1.29 is 60.4 Å². The Labute approximate surface area is 67.1 Å². The Morgan fingerprint density at radius 3 is 0.750 bits per heavy atom. The second-order valence-electron chi connectivity index (χ2n) is 0. The van der Waals surface area contributed by atoms with E-state index in [4.69, 9.17) is 0 Å². The van der Waals surface area contributed by atoms with Crippen LogP contribution >= 0.6 is 0 Å². The van der Waals surface area contributed by atoms with Crippen molar-refractivity contribution in [2.45, 2.75) is 7.43 Å². The number of hydrogen-bond donors (Lipinski definition) is 0. The fraction of sp³-hybridized carbons (Fsp3) is 1.00. The van der Waals surface area contributed by atoms with Crippen molar-refractivity contribution >= 4 is 0 Å². The Morgan fingerprint density at radius 1 is 0.750 bits per heavy atom. The van der Waals surface area contributed by atoms with Crippen LogP contribution in [0, 0.1) is 35.6 Å². The molecule has 0 aromatic heterocycles. The first-order chi connectivity index (χ1) is 0. The molecule has 0 saturated heterocycles. The monoisotopic (exact) mass is 225 g/mol. The van der Waals surface area contributed by atoms with Crippen molar-refractivity contribution in [3.05, 3.63) is 0 Å². The molecule has 4 heavy (non-hydrogen) atoms. The van der Waals surface area contributed by atoms with Gasteiger partial charge in [0, 0.05) is 35.6 Å². The van der Waals surface area contributed by atoms with Gasteiger partial charge in [0.1, 0.15) is 0 Å². The van der Waals surface area contributed by atoms with Crippen LogP contribution in [-0.2, 0) is 0 Å². The maximum Gasteiger partial charge on any atom is 0 e. The zero-order valence-corrected chi connectivity index (χ0v) is 6.47. The Hall–Kier alpha value is 1.77. The summed E-state index contributed by atoms with van der Waals surface area (Å²) in [4.78, 5) is 0. The first-order valence-corrected chi connectivity index (χ1v) is 0. The van der Waals surface area contributed by atoms with E-state index in [1.54, 1.807) is 0 Å². The van der Waals surface area contributed by atoms with Gasteiger partial charge in [0.15, 0.2) is 0 Å². The Balaban J connectivity index is 0. The molecule has 0 saturated carbocycles. The Bertz CT molecular complexity index is 6.00. The molecular formula is CH4Cl2La-2. The molecule has 0 N–H and O–H groups in total. The molecule has 3 heteroatoms. The predicted octanol–water partition coefficient (Wildman–Crippen LogP) is -5.36. The topological polar surface area (TPSA) is 0 Å². The minimum Gasteiger partial charge on any atom is -1.00 e. The summed E-state index contributed by atoms with van der Waals surface area (Å²) in [6, 6.07) is 0. The molecule has 0 aromatic carbocycles. The summed E-state index contributed by atoms with van der Waals surface area (Å²) in [7, 11) is 0. The van der Waals surface area contributed by atoms with E-state index >= 15 is 0 Å². The van der Waals surface area contributed by atoms with Crippen LogP contribution in [0.4, 0.5) is 0 Å². The SMILES string of the molecule is C.[Cl-].[Cl-].[La]. The van der Waals surface area contributed by atoms with E-state index in [9.17, 15) is 0 Å². The van der Waals surface area contributed by atoms with E-state index in [0.29, 0.717) is 0 Å². The van der Waals surface area contributed by atoms with Gasteiger partial charge in [-0.15, -0.1) is 0 Å². The third kappa shape index (κ3) is 9.23. The molecule has 1 radical (unpaired) electrons. The molecule has 27 valence electrons. The van der Waals surface area contributed by atoms with Crippen LogP contribution in [0.3, 0.4) is 0 Å². The van der Waals surface area contributed by atoms with Crippen molar-refractivity contribution in [3.8, 4) is 0 Å². The van der Waals surface area contributed by atoms with E-state index in [-0.39, 0.29) is 67.8 Å². The third-order valence-electron chi connectivity index (χ3n) is 0. The zero-order valence-electron chi connectivity index (χ0n) is 1.33. The number of hydrogen-bond acceptors (Lipinski definition) is 0. The van der Waals surface area contributed by atoms with Crippen LogP contribution in [-0.4, -0.2) is 0 Å². The van der Waals surface area contributed by atoms with Crippen LogP contribution in [0.15, 0.2) is 0 Å². The average Bonchev–Trinajstić information content (AvgIpc) is 0. The van der Waals surface area contributed by atoms with Gasteiger partial charge in [-0.3, -0.25) is 0 Å². The maximum absolute atomic E-state index is 0. The summed E-state index contributed by atoms with van der Waals surface area (Å²) >= 11 is 0. The molecule has 0 spiro atoms. The molecule has 0 aliphatic rings. The van der Waals surface area contributed by atoms with Gasteiger partial charge in [-0.25, -0.2) is 0 Å². The van der Waals surface area contributed by atoms with E-state index in [2.05, 4.69) is 0 Å². The summed E-state index contributed by atoms with van der Waals surface area (Å²) < 4.78 is 0. The maximum atomic E-state index is 0. The van der Waals surface area contributed by atoms with Gasteiger partial charge in [0.25, 0.3) is 0 Å². The van der Waals surface area contributed by atoms with Crippen LogP contribution in [0.1, 0.15) is 7.43 Å². The Morgan fingerprint density at radius 2 is 0.750 bits per heavy atom. The summed E-state index contributed by atoms with van der Waals surface area (Å²) in [5, 5.41) is 0. The van der Waals surface area contributed by atoms with Crippen molar-refractivity contribution in [1.29, 1.82) is 0 Å². The minimum atomic E-state index is 0. The molecule has 0 fully saturated rings. The normalized spacial score (nSPS) is 0. The molecule has 0 heterocycles. The molecule has 0 rings (SSSR count). The quantitative estimate of drug-likeness (QED) is 0.387. The van der Waals surface area contributed by atoms with Crippen LogP contribution < -0.4 is 24.8 Å². The van der Waals surface area contributed by atoms with Gasteiger partial charge in [-0.1, -0.05) is 7.43 Å². The molecule has 0 aliphatic heterocycles. The van der Waals surface area contributed by atoms with E-state index in [0.717, 1.165) is 0 Å². The smallest absolute Gasteiger partial charge is 0 e. The van der Waals surface area contributed by atoms with Gasteiger partial charge < -0.3 is 24.8 Å². The summed E-state index contributed by atoms with van der Waals surface area (Å²) in [6.07, 6.45) is 0. The van der Waals surface area contributed by atoms with Gasteiger partial charge in [-0.2, -0.15) is 0 Å². The van der Waals surface area contributed by atoms with Crippen molar-refractivity contribution in [1.82, 2.24) is 0 Å². The Kier molecular flexibility index (Phi) is 226. The summed E-state index contributed by atoms with van der Waals surface area (Å²) in [5.74, 6) is 0. The molecule has 0 atom stereocenters. The molecule has 0 bridgehead atoms. The van der Waals surface area contributed by atoms with E-state index in [1.165, 1.54) is 0 Å². The van der Waals surface area contributed by atoms with Gasteiger partial charge in [0.2, 0.25) is 0 Å². The zero-order chi connectivity index (χ0) is 0. The first-order valence-electron chi connectivity index (χ1n) is 0. The van der Waals surface area contributed by atoms with Gasteiger partial charge >= 0.3 is 0 Å². The molecule has 0 nitrogen and oxygen atoms in total. The molecule has 0 aliphatic carbocycles. The molecule has 0 unspecified atom stereocenters. The van der Waals surface area contributed by atoms with Crippen molar-refractivity contribution in [2.24, 2.45) is 0 Å². The van der Waals surface area contributed by atoms with E-state index in [1.807, 2.05) is 0 Å². The fourth-order valence-electron chi connectivity index (χ4n) is 0. The second kappa shape index (κ2) is 21.6. The first kappa shape index (κ1) is 41.8. The minimum absolute atomic E-state index is 0. The summed E-state index contributed by atoms with van der Waals surface area (Å²) in [5.41, 5.74) is 0. The molecule has 0 aromatic rings. The van der Waals surface area contributed by atoms with E-state index < -0.39 is 0 Å². The van der Waals surface area contributed by atoms with Gasteiger partial charge in [-0.05, 0) is 0 Å². The van der Waals surface area contributed by atoms with Crippen LogP contribution in [0.5, 0.6) is 0 Å². The number of halogens is 2. The van der Waals surface area contributed by atoms with Crippen molar-refractivity contribution in [3.63, 3.8) is 0 Å². The van der Waals surface area contributed by atoms with Crippen molar-refractivity contribution in [2.75, 3.05) is 0 Å². The number of rotatable bonds is 0. The average molecular weight is 226 g/mol. The summed E-state index contributed by atoms with van der Waals surface area (Å²) in [6.45, 7) is 0. The molecular weight excluding hydrogens is 222 g/mol. The fourth-order valence-corrected chi connectivity index (χ4v) is 0. The van der Waals surface area contributed by atoms with Gasteiger partial charge in [0.05, 0.1) is 0 Å². The largest absolute Gasteiger partial charge is 1.00 e. The van der Waals surface area contributed by atoms with Crippen LogP contribution in [0.2, 0.25) is 0 Å². The second-order valence-corrected chi connectivity index (χ2v) is 0. The molecule has 0 amide bonds. The predicted molar refractivity (Wildman–Crippen MR) is 6.73 cm³/mol. The van der Waals surface area contributed by atoms with Crippen LogP contribution in [0.25, 0.3) is 0 Å². The third-order valence-corrected chi connectivity index (χ3v) is 0. The standard InChI is InChI=1S/CH4.2ClH.La/h1H4;2*1H;/p-2.